The van der Waals surface area contributed by atoms with Crippen molar-refractivity contribution in [2.75, 3.05) is 0 Å². The number of carbonyl (C=O) groups excluding carboxylic acids is 2. The molecule has 2 rings (SSSR count). The van der Waals surface area contributed by atoms with E-state index in [1.165, 1.54) is 12.1 Å². The van der Waals surface area contributed by atoms with Crippen LogP contribution >= 0.6 is 0 Å². The first-order valence-corrected chi connectivity index (χ1v) is 6.52. The number of ketones is 1. The molecule has 0 spiro atoms. The standard InChI is InChI=1S/C17H16O4/c1-10-8-11(2)15(12(3)9-10)16(18)13-4-6-14(7-5-13)17(19)21-20/h4-9,20H,1-3H3. The lowest BCUT2D eigenvalue weighted by atomic mass is 9.93. The maximum absolute atomic E-state index is 12.6. The van der Waals surface area contributed by atoms with Crippen LogP contribution in [-0.2, 0) is 4.89 Å². The Hall–Kier alpha value is -2.46. The van der Waals surface area contributed by atoms with Crippen LogP contribution in [0.1, 0.15) is 43.0 Å². The van der Waals surface area contributed by atoms with E-state index in [0.29, 0.717) is 11.1 Å². The van der Waals surface area contributed by atoms with Crippen LogP contribution < -0.4 is 0 Å². The van der Waals surface area contributed by atoms with Crippen LogP contribution in [0.2, 0.25) is 0 Å². The van der Waals surface area contributed by atoms with Crippen LogP contribution in [0.5, 0.6) is 0 Å². The average Bonchev–Trinajstić information content (AvgIpc) is 2.45. The number of carbonyl (C=O) groups is 2. The molecular weight excluding hydrogens is 268 g/mol. The molecule has 0 bridgehead atoms. The van der Waals surface area contributed by atoms with E-state index in [-0.39, 0.29) is 11.3 Å². The van der Waals surface area contributed by atoms with Crippen molar-refractivity contribution in [3.05, 3.63) is 69.8 Å². The quantitative estimate of drug-likeness (QED) is 0.532. The van der Waals surface area contributed by atoms with Gasteiger partial charge in [-0.1, -0.05) is 29.8 Å². The first kappa shape index (κ1) is 14.9. The predicted octanol–water partition coefficient (Wildman–Crippen LogP) is 3.47. The van der Waals surface area contributed by atoms with Gasteiger partial charge < -0.3 is 0 Å². The topological polar surface area (TPSA) is 63.6 Å². The maximum atomic E-state index is 12.6. The lowest BCUT2D eigenvalue weighted by molar-refractivity contribution is -0.182. The van der Waals surface area contributed by atoms with Crippen LogP contribution in [0.25, 0.3) is 0 Å². The second kappa shape index (κ2) is 5.89. The van der Waals surface area contributed by atoms with Gasteiger partial charge in [0, 0.05) is 11.1 Å². The van der Waals surface area contributed by atoms with Gasteiger partial charge in [-0.15, -0.1) is 0 Å². The molecule has 2 aromatic rings. The summed E-state index contributed by atoms with van der Waals surface area (Å²) in [5.74, 6) is -0.939. The monoisotopic (exact) mass is 284 g/mol. The van der Waals surface area contributed by atoms with Gasteiger partial charge in [0.2, 0.25) is 0 Å². The van der Waals surface area contributed by atoms with E-state index in [1.54, 1.807) is 12.1 Å². The zero-order valence-electron chi connectivity index (χ0n) is 12.1. The molecule has 0 heterocycles. The summed E-state index contributed by atoms with van der Waals surface area (Å²) in [6, 6.07) is 9.94. The van der Waals surface area contributed by atoms with Crippen molar-refractivity contribution in [1.82, 2.24) is 0 Å². The fraction of sp³-hybridized carbons (Fsp3) is 0.176. The highest BCUT2D eigenvalue weighted by Gasteiger charge is 2.16. The highest BCUT2D eigenvalue weighted by atomic mass is 17.1. The van der Waals surface area contributed by atoms with Crippen molar-refractivity contribution in [1.29, 1.82) is 0 Å². The molecular formula is C17H16O4. The Kier molecular flexibility index (Phi) is 4.19. The van der Waals surface area contributed by atoms with E-state index in [9.17, 15) is 9.59 Å². The molecule has 2 aromatic carbocycles. The predicted molar refractivity (Wildman–Crippen MR) is 78.6 cm³/mol. The zero-order chi connectivity index (χ0) is 15.6. The normalized spacial score (nSPS) is 10.3. The van der Waals surface area contributed by atoms with E-state index in [4.69, 9.17) is 5.26 Å². The molecule has 21 heavy (non-hydrogen) atoms. The molecule has 1 N–H and O–H groups in total. The van der Waals surface area contributed by atoms with E-state index < -0.39 is 5.97 Å². The van der Waals surface area contributed by atoms with Crippen molar-refractivity contribution < 1.29 is 19.7 Å². The summed E-state index contributed by atoms with van der Waals surface area (Å²) >= 11 is 0. The molecule has 0 aliphatic carbocycles. The Bertz CT molecular complexity index is 676. The molecule has 0 saturated carbocycles. The van der Waals surface area contributed by atoms with Gasteiger partial charge in [-0.25, -0.2) is 4.79 Å². The van der Waals surface area contributed by atoms with Crippen LogP contribution in [0.4, 0.5) is 0 Å². The Morgan fingerprint density at radius 3 is 1.86 bits per heavy atom. The fourth-order valence-electron chi connectivity index (χ4n) is 2.49. The summed E-state index contributed by atoms with van der Waals surface area (Å²) in [6.45, 7) is 5.80. The minimum absolute atomic E-state index is 0.0890. The van der Waals surface area contributed by atoms with Crippen LogP contribution in [0.15, 0.2) is 36.4 Å². The molecule has 0 aromatic heterocycles. The fourth-order valence-corrected chi connectivity index (χ4v) is 2.49. The van der Waals surface area contributed by atoms with Crippen LogP contribution in [0.3, 0.4) is 0 Å². The van der Waals surface area contributed by atoms with Crippen molar-refractivity contribution in [3.8, 4) is 0 Å². The molecule has 0 saturated heterocycles. The van der Waals surface area contributed by atoms with Gasteiger partial charge in [-0.05, 0) is 44.0 Å². The summed E-state index contributed by atoms with van der Waals surface area (Å²) in [7, 11) is 0. The van der Waals surface area contributed by atoms with Gasteiger partial charge in [0.15, 0.2) is 5.78 Å². The lowest BCUT2D eigenvalue weighted by Crippen LogP contribution is -2.08. The third-order valence-electron chi connectivity index (χ3n) is 3.37. The van der Waals surface area contributed by atoms with Crippen molar-refractivity contribution in [3.63, 3.8) is 0 Å². The smallest absolute Gasteiger partial charge is 0.296 e. The SMILES string of the molecule is Cc1cc(C)c(C(=O)c2ccc(C(=O)OO)cc2)c(C)c1. The number of hydrogen-bond acceptors (Lipinski definition) is 4. The van der Waals surface area contributed by atoms with Gasteiger partial charge in [0.25, 0.3) is 0 Å². The number of rotatable bonds is 3. The Morgan fingerprint density at radius 2 is 1.38 bits per heavy atom. The van der Waals surface area contributed by atoms with Crippen LogP contribution in [-0.4, -0.2) is 17.0 Å². The van der Waals surface area contributed by atoms with Gasteiger partial charge in [0.1, 0.15) is 0 Å². The first-order valence-electron chi connectivity index (χ1n) is 6.52. The van der Waals surface area contributed by atoms with Gasteiger partial charge in [-0.2, -0.15) is 5.26 Å². The Balaban J connectivity index is 2.39. The first-order chi connectivity index (χ1) is 9.93. The molecule has 0 aliphatic rings. The molecule has 4 nitrogen and oxygen atoms in total. The largest absolute Gasteiger partial charge is 0.372 e. The van der Waals surface area contributed by atoms with Crippen molar-refractivity contribution in [2.45, 2.75) is 20.8 Å². The summed E-state index contributed by atoms with van der Waals surface area (Å²) in [6.07, 6.45) is 0. The molecule has 0 amide bonds. The number of aryl methyl sites for hydroxylation is 3. The molecule has 0 unspecified atom stereocenters. The average molecular weight is 284 g/mol. The van der Waals surface area contributed by atoms with Gasteiger partial charge in [0.05, 0.1) is 5.56 Å². The molecule has 4 heteroatoms. The lowest BCUT2D eigenvalue weighted by Gasteiger charge is -2.10. The van der Waals surface area contributed by atoms with Gasteiger partial charge >= 0.3 is 5.97 Å². The van der Waals surface area contributed by atoms with E-state index in [2.05, 4.69) is 4.89 Å². The second-order valence-electron chi connectivity index (χ2n) is 5.06. The van der Waals surface area contributed by atoms with E-state index >= 15 is 0 Å². The highest BCUT2D eigenvalue weighted by molar-refractivity contribution is 6.11. The van der Waals surface area contributed by atoms with E-state index in [1.807, 2.05) is 32.9 Å². The zero-order valence-corrected chi connectivity index (χ0v) is 12.1. The van der Waals surface area contributed by atoms with Gasteiger partial charge in [-0.3, -0.25) is 9.68 Å². The van der Waals surface area contributed by atoms with E-state index in [0.717, 1.165) is 16.7 Å². The van der Waals surface area contributed by atoms with Crippen molar-refractivity contribution >= 4 is 11.8 Å². The Labute approximate surface area is 122 Å². The molecule has 0 atom stereocenters. The minimum atomic E-state index is -0.850. The molecule has 108 valence electrons. The molecule has 0 fully saturated rings. The van der Waals surface area contributed by atoms with Crippen LogP contribution in [0, 0.1) is 20.8 Å². The minimum Gasteiger partial charge on any atom is -0.296 e. The molecule has 0 radical (unpaired) electrons. The highest BCUT2D eigenvalue weighted by Crippen LogP contribution is 2.20. The number of benzene rings is 2. The number of hydrogen-bond donors (Lipinski definition) is 1. The third-order valence-corrected chi connectivity index (χ3v) is 3.37. The maximum Gasteiger partial charge on any atom is 0.372 e. The third kappa shape index (κ3) is 3.01. The summed E-state index contributed by atoms with van der Waals surface area (Å²) in [5, 5.41) is 8.33. The summed E-state index contributed by atoms with van der Waals surface area (Å²) in [5.41, 5.74) is 4.32. The van der Waals surface area contributed by atoms with Crippen molar-refractivity contribution in [2.24, 2.45) is 0 Å². The molecule has 0 aliphatic heterocycles. The summed E-state index contributed by atoms with van der Waals surface area (Å²) in [4.78, 5) is 27.4. The Morgan fingerprint density at radius 1 is 0.905 bits per heavy atom. The second-order valence-corrected chi connectivity index (χ2v) is 5.06. The summed E-state index contributed by atoms with van der Waals surface area (Å²) < 4.78 is 0.